The summed E-state index contributed by atoms with van der Waals surface area (Å²) in [6.45, 7) is -1.17. The summed E-state index contributed by atoms with van der Waals surface area (Å²) < 4.78 is 13.6. The fraction of sp³-hybridized carbons (Fsp3) is 0.290. The highest BCUT2D eigenvalue weighted by molar-refractivity contribution is 6.30. The molecule has 3 amide bonds. The van der Waals surface area contributed by atoms with Gasteiger partial charge in [0.05, 0.1) is 6.42 Å². The molecule has 1 saturated heterocycles. The average Bonchev–Trinajstić information content (AvgIpc) is 2.98. The molecule has 3 aromatic carbocycles. The number of carboxylic acids is 1. The van der Waals surface area contributed by atoms with Crippen molar-refractivity contribution in [1.82, 2.24) is 14.7 Å². The van der Waals surface area contributed by atoms with E-state index in [2.05, 4.69) is 0 Å². The summed E-state index contributed by atoms with van der Waals surface area (Å²) >= 11 is 25.2. The van der Waals surface area contributed by atoms with Crippen molar-refractivity contribution in [2.24, 2.45) is 0 Å². The topological polar surface area (TPSA) is 98.2 Å². The van der Waals surface area contributed by atoms with Gasteiger partial charge in [0, 0.05) is 29.4 Å². The molecule has 13 heteroatoms. The van der Waals surface area contributed by atoms with Crippen molar-refractivity contribution in [1.29, 1.82) is 0 Å². The van der Waals surface area contributed by atoms with E-state index in [1.54, 1.807) is 48.5 Å². The van der Waals surface area contributed by atoms with Crippen LogP contribution in [-0.4, -0.2) is 73.6 Å². The van der Waals surface area contributed by atoms with Crippen LogP contribution in [0.1, 0.15) is 23.1 Å². The second kappa shape index (κ2) is 15.1. The molecule has 0 saturated carbocycles. The van der Waals surface area contributed by atoms with E-state index < -0.39 is 59.5 Å². The average molecular weight is 683 g/mol. The van der Waals surface area contributed by atoms with Crippen LogP contribution in [0.5, 0.6) is 0 Å². The third kappa shape index (κ3) is 8.85. The first-order chi connectivity index (χ1) is 20.9. The molecule has 1 fully saturated rings. The van der Waals surface area contributed by atoms with Gasteiger partial charge in [-0.3, -0.25) is 19.2 Å². The number of piperazine rings is 1. The predicted molar refractivity (Wildman–Crippen MR) is 166 cm³/mol. The number of carbonyl (C=O) groups excluding carboxylic acids is 3. The fourth-order valence-electron chi connectivity index (χ4n) is 4.85. The van der Waals surface area contributed by atoms with E-state index in [-0.39, 0.29) is 25.9 Å². The van der Waals surface area contributed by atoms with Gasteiger partial charge in [-0.05, 0) is 53.1 Å². The van der Waals surface area contributed by atoms with Crippen molar-refractivity contribution in [3.63, 3.8) is 0 Å². The lowest BCUT2D eigenvalue weighted by molar-refractivity contribution is -0.160. The maximum atomic E-state index is 13.9. The van der Waals surface area contributed by atoms with E-state index >= 15 is 0 Å². The van der Waals surface area contributed by atoms with Gasteiger partial charge in [0.25, 0.3) is 0 Å². The van der Waals surface area contributed by atoms with E-state index in [1.165, 1.54) is 34.1 Å². The summed E-state index contributed by atoms with van der Waals surface area (Å²) in [4.78, 5) is 56.2. The number of carboxylic acid groups (broad SMARTS) is 1. The van der Waals surface area contributed by atoms with Crippen molar-refractivity contribution < 1.29 is 28.7 Å². The number of rotatable bonds is 12. The van der Waals surface area contributed by atoms with Gasteiger partial charge in [0.2, 0.25) is 17.7 Å². The zero-order chi connectivity index (χ0) is 32.0. The predicted octanol–water partition coefficient (Wildman–Crippen LogP) is 5.59. The van der Waals surface area contributed by atoms with Gasteiger partial charge in [0.1, 0.15) is 36.0 Å². The Hall–Kier alpha value is -3.37. The SMILES string of the molecule is O=C(O)CN(C(=O)CC1C(=O)N(C(Cl)Cc2ccc(Cl)cc2)CC(=O)N1Cc1ccc(F)cc1)C(Cl)Cc1ccc(Cl)cc1. The molecular formula is C31H28Cl4FN3O5. The molecule has 44 heavy (non-hydrogen) atoms. The van der Waals surface area contributed by atoms with E-state index in [0.29, 0.717) is 21.2 Å². The van der Waals surface area contributed by atoms with Crippen LogP contribution in [0.25, 0.3) is 0 Å². The van der Waals surface area contributed by atoms with Gasteiger partial charge in [-0.15, -0.1) is 0 Å². The Bertz CT molecular complexity index is 1490. The number of hydrogen-bond donors (Lipinski definition) is 1. The smallest absolute Gasteiger partial charge is 0.323 e. The Kier molecular flexibility index (Phi) is 11.5. The molecule has 232 valence electrons. The lowest BCUT2D eigenvalue weighted by atomic mass is 10.0. The summed E-state index contributed by atoms with van der Waals surface area (Å²) in [5.74, 6) is -3.60. The minimum atomic E-state index is -1.32. The van der Waals surface area contributed by atoms with E-state index in [9.17, 15) is 28.7 Å². The molecule has 0 bridgehead atoms. The number of hydrogen-bond acceptors (Lipinski definition) is 4. The van der Waals surface area contributed by atoms with Crippen molar-refractivity contribution in [2.45, 2.75) is 42.9 Å². The van der Waals surface area contributed by atoms with E-state index in [4.69, 9.17) is 46.4 Å². The number of nitrogens with zero attached hydrogens (tertiary/aromatic N) is 3. The largest absolute Gasteiger partial charge is 0.480 e. The fourth-order valence-corrected chi connectivity index (χ4v) is 5.81. The normalized spacial score (nSPS) is 16.5. The monoisotopic (exact) mass is 681 g/mol. The summed E-state index contributed by atoms with van der Waals surface area (Å²) in [5, 5.41) is 10.6. The summed E-state index contributed by atoms with van der Waals surface area (Å²) in [6, 6.07) is 17.6. The first-order valence-corrected chi connectivity index (χ1v) is 15.2. The number of benzene rings is 3. The molecule has 3 unspecified atom stereocenters. The highest BCUT2D eigenvalue weighted by Gasteiger charge is 2.43. The van der Waals surface area contributed by atoms with Crippen LogP contribution >= 0.6 is 46.4 Å². The molecule has 1 aliphatic rings. The highest BCUT2D eigenvalue weighted by atomic mass is 35.5. The number of alkyl halides is 2. The van der Waals surface area contributed by atoms with Crippen LogP contribution in [-0.2, 0) is 38.6 Å². The third-order valence-electron chi connectivity index (χ3n) is 7.14. The Morgan fingerprint density at radius 1 is 0.864 bits per heavy atom. The Morgan fingerprint density at radius 2 is 1.39 bits per heavy atom. The molecule has 0 aromatic heterocycles. The molecular weight excluding hydrogens is 655 g/mol. The minimum Gasteiger partial charge on any atom is -0.480 e. The summed E-state index contributed by atoms with van der Waals surface area (Å²) in [6.07, 6.45) is -0.248. The van der Waals surface area contributed by atoms with Gasteiger partial charge in [-0.2, -0.15) is 0 Å². The Labute approximate surface area is 273 Å². The highest BCUT2D eigenvalue weighted by Crippen LogP contribution is 2.26. The van der Waals surface area contributed by atoms with Crippen molar-refractivity contribution in [3.05, 3.63) is 105 Å². The molecule has 0 aliphatic carbocycles. The van der Waals surface area contributed by atoms with Crippen molar-refractivity contribution in [3.8, 4) is 0 Å². The molecule has 8 nitrogen and oxygen atoms in total. The van der Waals surface area contributed by atoms with Gasteiger partial charge in [-0.1, -0.05) is 82.8 Å². The van der Waals surface area contributed by atoms with E-state index in [1.807, 2.05) is 0 Å². The molecule has 1 N–H and O–H groups in total. The lowest BCUT2D eigenvalue weighted by Crippen LogP contribution is -2.62. The van der Waals surface area contributed by atoms with E-state index in [0.717, 1.165) is 10.5 Å². The molecule has 3 atom stereocenters. The number of carbonyl (C=O) groups is 4. The van der Waals surface area contributed by atoms with Crippen LogP contribution in [0.15, 0.2) is 72.8 Å². The summed E-state index contributed by atoms with van der Waals surface area (Å²) in [7, 11) is 0. The standard InChI is InChI=1S/C31H28Cl4FN3O5/c32-22-7-1-19(2-8-22)13-26(34)38(18-30(42)43)28(40)15-25-31(44)39(27(35)14-20-3-9-23(33)10-4-20)17-29(41)37(25)16-21-5-11-24(36)12-6-21/h1-12,25-27H,13-18H2,(H,42,43). The molecule has 1 heterocycles. The van der Waals surface area contributed by atoms with Crippen LogP contribution in [0.3, 0.4) is 0 Å². The first kappa shape index (κ1) is 33.5. The number of aliphatic carboxylic acids is 1. The lowest BCUT2D eigenvalue weighted by Gasteiger charge is -2.42. The van der Waals surface area contributed by atoms with Crippen molar-refractivity contribution in [2.75, 3.05) is 13.1 Å². The van der Waals surface area contributed by atoms with Gasteiger partial charge in [0.15, 0.2) is 0 Å². The maximum absolute atomic E-state index is 13.9. The zero-order valence-corrected chi connectivity index (χ0v) is 26.2. The Morgan fingerprint density at radius 3 is 1.93 bits per heavy atom. The second-order valence-electron chi connectivity index (χ2n) is 10.3. The second-order valence-corrected chi connectivity index (χ2v) is 12.2. The maximum Gasteiger partial charge on any atom is 0.323 e. The van der Waals surface area contributed by atoms with Gasteiger partial charge in [-0.25, -0.2) is 4.39 Å². The van der Waals surface area contributed by atoms with Gasteiger partial charge < -0.3 is 19.8 Å². The summed E-state index contributed by atoms with van der Waals surface area (Å²) in [5.41, 5.74) is -0.00322. The molecule has 0 spiro atoms. The number of halogens is 5. The quantitative estimate of drug-likeness (QED) is 0.198. The van der Waals surface area contributed by atoms with Crippen LogP contribution in [0.2, 0.25) is 10.0 Å². The molecule has 4 rings (SSSR count). The molecule has 0 radical (unpaired) electrons. The van der Waals surface area contributed by atoms with Crippen molar-refractivity contribution >= 4 is 70.1 Å². The van der Waals surface area contributed by atoms with Crippen LogP contribution in [0, 0.1) is 5.82 Å². The molecule has 1 aliphatic heterocycles. The minimum absolute atomic E-state index is 0.0885. The molecule has 3 aromatic rings. The third-order valence-corrected chi connectivity index (χ3v) is 8.43. The number of amides is 3. The Balaban J connectivity index is 1.60. The first-order valence-electron chi connectivity index (χ1n) is 13.5. The van der Waals surface area contributed by atoms with Crippen LogP contribution < -0.4 is 0 Å². The zero-order valence-electron chi connectivity index (χ0n) is 23.2. The van der Waals surface area contributed by atoms with Crippen LogP contribution in [0.4, 0.5) is 4.39 Å². The van der Waals surface area contributed by atoms with Gasteiger partial charge >= 0.3 is 5.97 Å².